The zero-order valence-electron chi connectivity index (χ0n) is 13.3. The lowest BCUT2D eigenvalue weighted by atomic mass is 10.3. The maximum atomic E-state index is 13.4. The molecule has 0 saturated carbocycles. The summed E-state index contributed by atoms with van der Waals surface area (Å²) in [5.74, 6) is -2.89. The molecule has 26 heavy (non-hydrogen) atoms. The molecule has 0 bridgehead atoms. The fourth-order valence-corrected chi connectivity index (χ4v) is 1.77. The Morgan fingerprint density at radius 3 is 2.46 bits per heavy atom. The summed E-state index contributed by atoms with van der Waals surface area (Å²) in [4.78, 5) is 34.5. The van der Waals surface area contributed by atoms with Gasteiger partial charge in [-0.25, -0.2) is 18.4 Å². The highest BCUT2D eigenvalue weighted by atomic mass is 19.1. The number of ether oxygens (including phenoxy) is 2. The predicted molar refractivity (Wildman–Crippen MR) is 86.4 cm³/mol. The first kappa shape index (κ1) is 18.8. The van der Waals surface area contributed by atoms with Crippen molar-refractivity contribution in [2.75, 3.05) is 18.5 Å². The number of halogens is 2. The van der Waals surface area contributed by atoms with Crippen molar-refractivity contribution in [2.24, 2.45) is 0 Å². The molecular weight excluding hydrogens is 350 g/mol. The van der Waals surface area contributed by atoms with Crippen LogP contribution < -0.4 is 15.4 Å². The zero-order valence-corrected chi connectivity index (χ0v) is 13.3. The molecule has 0 aromatic heterocycles. The number of imide groups is 1. The van der Waals surface area contributed by atoms with Crippen LogP contribution in [0.5, 0.6) is 5.75 Å². The summed E-state index contributed by atoms with van der Waals surface area (Å²) < 4.78 is 35.9. The number of anilines is 1. The van der Waals surface area contributed by atoms with E-state index in [0.717, 1.165) is 12.1 Å². The molecule has 2 aromatic carbocycles. The summed E-state index contributed by atoms with van der Waals surface area (Å²) >= 11 is 0. The fraction of sp³-hybridized carbons (Fsp3) is 0.118. The third kappa shape index (κ3) is 6.19. The second-order valence-corrected chi connectivity index (χ2v) is 4.89. The van der Waals surface area contributed by atoms with Crippen LogP contribution in [0.2, 0.25) is 0 Å². The standard InChI is InChI=1S/C17H14F2N2O5/c18-11-4-3-5-12(8-11)25-10-16(23)26-9-15(22)21-17(24)20-14-7-2-1-6-13(14)19/h1-8H,9-10H2,(H2,20,21,22,24). The minimum absolute atomic E-state index is 0.113. The SMILES string of the molecule is O=C(COC(=O)COc1cccc(F)c1)NC(=O)Nc1ccccc1F. The van der Waals surface area contributed by atoms with Crippen LogP contribution >= 0.6 is 0 Å². The third-order valence-corrected chi connectivity index (χ3v) is 2.89. The van der Waals surface area contributed by atoms with Gasteiger partial charge in [-0.3, -0.25) is 10.1 Å². The highest BCUT2D eigenvalue weighted by molar-refractivity contribution is 6.01. The molecule has 136 valence electrons. The van der Waals surface area contributed by atoms with Gasteiger partial charge in [-0.15, -0.1) is 0 Å². The van der Waals surface area contributed by atoms with E-state index in [4.69, 9.17) is 4.74 Å². The van der Waals surface area contributed by atoms with Gasteiger partial charge in [-0.05, 0) is 24.3 Å². The van der Waals surface area contributed by atoms with Crippen LogP contribution in [0.4, 0.5) is 19.3 Å². The summed E-state index contributed by atoms with van der Waals surface area (Å²) in [6, 6.07) is 9.53. The number of hydrogen-bond acceptors (Lipinski definition) is 5. The van der Waals surface area contributed by atoms with Gasteiger partial charge in [0.1, 0.15) is 17.4 Å². The van der Waals surface area contributed by atoms with Crippen molar-refractivity contribution in [2.45, 2.75) is 0 Å². The van der Waals surface area contributed by atoms with Gasteiger partial charge < -0.3 is 14.8 Å². The second-order valence-electron chi connectivity index (χ2n) is 4.89. The van der Waals surface area contributed by atoms with Crippen LogP contribution in [0.3, 0.4) is 0 Å². The molecule has 9 heteroatoms. The minimum atomic E-state index is -0.979. The van der Waals surface area contributed by atoms with E-state index in [1.54, 1.807) is 0 Å². The summed E-state index contributed by atoms with van der Waals surface area (Å²) in [6.07, 6.45) is 0. The molecule has 0 heterocycles. The summed E-state index contributed by atoms with van der Waals surface area (Å²) in [5, 5.41) is 4.00. The van der Waals surface area contributed by atoms with Crippen molar-refractivity contribution in [3.05, 3.63) is 60.2 Å². The third-order valence-electron chi connectivity index (χ3n) is 2.89. The van der Waals surface area contributed by atoms with Crippen molar-refractivity contribution >= 4 is 23.6 Å². The Balaban J connectivity index is 1.70. The van der Waals surface area contributed by atoms with Crippen molar-refractivity contribution < 1.29 is 32.6 Å². The lowest BCUT2D eigenvalue weighted by molar-refractivity contribution is -0.150. The zero-order chi connectivity index (χ0) is 18.9. The lowest BCUT2D eigenvalue weighted by Gasteiger charge is -2.08. The summed E-state index contributed by atoms with van der Waals surface area (Å²) in [7, 11) is 0. The molecule has 0 saturated heterocycles. The number of para-hydroxylation sites is 1. The maximum Gasteiger partial charge on any atom is 0.344 e. The highest BCUT2D eigenvalue weighted by Gasteiger charge is 2.13. The molecule has 0 aliphatic rings. The monoisotopic (exact) mass is 364 g/mol. The molecule has 0 atom stereocenters. The molecule has 2 aromatic rings. The topological polar surface area (TPSA) is 93.7 Å². The predicted octanol–water partition coefficient (Wildman–Crippen LogP) is 2.24. The van der Waals surface area contributed by atoms with E-state index in [1.807, 2.05) is 5.32 Å². The van der Waals surface area contributed by atoms with Gasteiger partial charge in [0.05, 0.1) is 5.69 Å². The van der Waals surface area contributed by atoms with Gasteiger partial charge in [0.2, 0.25) is 0 Å². The van der Waals surface area contributed by atoms with Gasteiger partial charge in [-0.2, -0.15) is 0 Å². The number of urea groups is 1. The smallest absolute Gasteiger partial charge is 0.344 e. The molecule has 0 spiro atoms. The molecular formula is C17H14F2N2O5. The first-order valence-corrected chi connectivity index (χ1v) is 7.33. The normalized spacial score (nSPS) is 9.92. The van der Waals surface area contributed by atoms with Gasteiger partial charge in [0.25, 0.3) is 5.91 Å². The van der Waals surface area contributed by atoms with Gasteiger partial charge >= 0.3 is 12.0 Å². The van der Waals surface area contributed by atoms with E-state index in [1.165, 1.54) is 36.4 Å². The van der Waals surface area contributed by atoms with Crippen LogP contribution in [0.15, 0.2) is 48.5 Å². The molecule has 2 N–H and O–H groups in total. The van der Waals surface area contributed by atoms with Crippen molar-refractivity contribution in [1.82, 2.24) is 5.32 Å². The first-order chi connectivity index (χ1) is 12.4. The number of rotatable bonds is 6. The Morgan fingerprint density at radius 2 is 1.73 bits per heavy atom. The van der Waals surface area contributed by atoms with E-state index in [2.05, 4.69) is 10.1 Å². The molecule has 0 aliphatic heterocycles. The average molecular weight is 364 g/mol. The summed E-state index contributed by atoms with van der Waals surface area (Å²) in [6.45, 7) is -1.28. The number of nitrogens with one attached hydrogen (secondary N) is 2. The van der Waals surface area contributed by atoms with Crippen LogP contribution in [0.25, 0.3) is 0 Å². The molecule has 0 fully saturated rings. The lowest BCUT2D eigenvalue weighted by Crippen LogP contribution is -2.37. The van der Waals surface area contributed by atoms with E-state index >= 15 is 0 Å². The first-order valence-electron chi connectivity index (χ1n) is 7.33. The number of carbonyl (C=O) groups excluding carboxylic acids is 3. The molecule has 7 nitrogen and oxygen atoms in total. The van der Waals surface area contributed by atoms with E-state index in [9.17, 15) is 23.2 Å². The molecule has 0 unspecified atom stereocenters. The van der Waals surface area contributed by atoms with Crippen molar-refractivity contribution in [3.8, 4) is 5.75 Å². The van der Waals surface area contributed by atoms with E-state index < -0.39 is 42.8 Å². The molecule has 0 radical (unpaired) electrons. The van der Waals surface area contributed by atoms with E-state index in [0.29, 0.717) is 0 Å². The largest absolute Gasteiger partial charge is 0.482 e. The molecule has 3 amide bonds. The van der Waals surface area contributed by atoms with Crippen LogP contribution in [0, 0.1) is 11.6 Å². The average Bonchev–Trinajstić information content (AvgIpc) is 2.60. The number of carbonyl (C=O) groups is 3. The number of esters is 1. The van der Waals surface area contributed by atoms with Crippen LogP contribution in [-0.4, -0.2) is 31.1 Å². The van der Waals surface area contributed by atoms with Crippen molar-refractivity contribution in [3.63, 3.8) is 0 Å². The maximum absolute atomic E-state index is 13.4. The Kier molecular flexibility index (Phi) is 6.60. The quantitative estimate of drug-likeness (QED) is 0.767. The Morgan fingerprint density at radius 1 is 0.962 bits per heavy atom. The van der Waals surface area contributed by atoms with Gasteiger partial charge in [0, 0.05) is 6.07 Å². The van der Waals surface area contributed by atoms with Crippen LogP contribution in [-0.2, 0) is 14.3 Å². The second kappa shape index (κ2) is 9.11. The Hall–Kier alpha value is -3.49. The number of hydrogen-bond donors (Lipinski definition) is 2. The Bertz CT molecular complexity index is 813. The summed E-state index contributed by atoms with van der Waals surface area (Å²) in [5.41, 5.74) is -0.113. The minimum Gasteiger partial charge on any atom is -0.482 e. The van der Waals surface area contributed by atoms with Crippen molar-refractivity contribution in [1.29, 1.82) is 0 Å². The van der Waals surface area contributed by atoms with Gasteiger partial charge in [-0.1, -0.05) is 18.2 Å². The highest BCUT2D eigenvalue weighted by Crippen LogP contribution is 2.12. The fourth-order valence-electron chi connectivity index (χ4n) is 1.77. The molecule has 2 rings (SSSR count). The van der Waals surface area contributed by atoms with Crippen LogP contribution in [0.1, 0.15) is 0 Å². The molecule has 0 aliphatic carbocycles. The van der Waals surface area contributed by atoms with Gasteiger partial charge in [0.15, 0.2) is 13.2 Å². The number of benzene rings is 2. The number of amides is 3. The Labute approximate surface area is 146 Å². The van der Waals surface area contributed by atoms with E-state index in [-0.39, 0.29) is 11.4 Å².